The number of hydrogen-bond donors (Lipinski definition) is 1. The van der Waals surface area contributed by atoms with Gasteiger partial charge in [-0.25, -0.2) is 0 Å². The van der Waals surface area contributed by atoms with Gasteiger partial charge >= 0.3 is 0 Å². The van der Waals surface area contributed by atoms with E-state index in [-0.39, 0.29) is 6.04 Å². The van der Waals surface area contributed by atoms with Crippen molar-refractivity contribution in [3.63, 3.8) is 0 Å². The van der Waals surface area contributed by atoms with Crippen LogP contribution in [0.15, 0.2) is 18.2 Å². The molecule has 1 aromatic rings. The van der Waals surface area contributed by atoms with Gasteiger partial charge in [-0.1, -0.05) is 19.1 Å². The van der Waals surface area contributed by atoms with Crippen LogP contribution in [0.1, 0.15) is 37.3 Å². The standard InChI is InChI=1S/C17H27NO2/c1-3-16(18)11-15-10-13(8-9-19-2)6-7-17(15)20-12-14-4-5-14/h6-7,10,14,16H,3-5,8-9,11-12,18H2,1-2H3. The van der Waals surface area contributed by atoms with E-state index in [0.29, 0.717) is 0 Å². The van der Waals surface area contributed by atoms with Crippen LogP contribution in [0, 0.1) is 5.92 Å². The summed E-state index contributed by atoms with van der Waals surface area (Å²) in [6.45, 7) is 3.73. The minimum atomic E-state index is 0.205. The molecule has 1 aliphatic rings. The average molecular weight is 277 g/mol. The minimum absolute atomic E-state index is 0.205. The summed E-state index contributed by atoms with van der Waals surface area (Å²) >= 11 is 0. The Labute approximate surface area is 122 Å². The molecule has 1 aliphatic carbocycles. The monoisotopic (exact) mass is 277 g/mol. The molecule has 0 spiro atoms. The SMILES string of the molecule is CCC(N)Cc1cc(CCOC)ccc1OCC1CC1. The van der Waals surface area contributed by atoms with Crippen LogP contribution < -0.4 is 10.5 Å². The number of nitrogens with two attached hydrogens (primary N) is 1. The summed E-state index contributed by atoms with van der Waals surface area (Å²) in [7, 11) is 1.74. The first kappa shape index (κ1) is 15.3. The first-order chi connectivity index (χ1) is 9.72. The molecule has 0 radical (unpaired) electrons. The van der Waals surface area contributed by atoms with Gasteiger partial charge in [-0.2, -0.15) is 0 Å². The van der Waals surface area contributed by atoms with E-state index in [9.17, 15) is 0 Å². The van der Waals surface area contributed by atoms with E-state index in [0.717, 1.165) is 44.1 Å². The number of ether oxygens (including phenoxy) is 2. The highest BCUT2D eigenvalue weighted by Gasteiger charge is 2.22. The summed E-state index contributed by atoms with van der Waals surface area (Å²) in [4.78, 5) is 0. The zero-order chi connectivity index (χ0) is 14.4. The lowest BCUT2D eigenvalue weighted by Crippen LogP contribution is -2.22. The predicted octanol–water partition coefficient (Wildman–Crippen LogP) is 2.94. The molecule has 0 aromatic heterocycles. The first-order valence-corrected chi connectivity index (χ1v) is 7.72. The number of benzene rings is 1. The molecule has 0 aliphatic heterocycles. The second kappa shape index (κ2) is 7.65. The molecule has 0 heterocycles. The molecular weight excluding hydrogens is 250 g/mol. The molecule has 1 atom stereocenters. The van der Waals surface area contributed by atoms with Crippen LogP contribution in [0.25, 0.3) is 0 Å². The molecule has 1 aromatic carbocycles. The van der Waals surface area contributed by atoms with Crippen LogP contribution in [0.3, 0.4) is 0 Å². The van der Waals surface area contributed by atoms with E-state index < -0.39 is 0 Å². The van der Waals surface area contributed by atoms with Gasteiger partial charge in [-0.15, -0.1) is 0 Å². The Kier molecular flexibility index (Phi) is 5.86. The van der Waals surface area contributed by atoms with Crippen molar-refractivity contribution in [2.75, 3.05) is 20.3 Å². The molecule has 20 heavy (non-hydrogen) atoms. The highest BCUT2D eigenvalue weighted by Crippen LogP contribution is 2.31. The fourth-order valence-electron chi connectivity index (χ4n) is 2.23. The molecule has 2 rings (SSSR count). The van der Waals surface area contributed by atoms with Crippen molar-refractivity contribution in [1.82, 2.24) is 0 Å². The van der Waals surface area contributed by atoms with Crippen molar-refractivity contribution in [3.8, 4) is 5.75 Å². The molecule has 1 fully saturated rings. The average Bonchev–Trinajstić information content (AvgIpc) is 3.28. The van der Waals surface area contributed by atoms with Crippen molar-refractivity contribution in [3.05, 3.63) is 29.3 Å². The van der Waals surface area contributed by atoms with Crippen molar-refractivity contribution in [2.24, 2.45) is 11.7 Å². The molecule has 0 saturated heterocycles. The second-order valence-electron chi connectivity index (χ2n) is 5.81. The van der Waals surface area contributed by atoms with Crippen LogP contribution in [0.4, 0.5) is 0 Å². The number of methoxy groups -OCH3 is 1. The van der Waals surface area contributed by atoms with Gasteiger partial charge < -0.3 is 15.2 Å². The Hall–Kier alpha value is -1.06. The van der Waals surface area contributed by atoms with Crippen LogP contribution in [0.5, 0.6) is 5.75 Å². The molecule has 3 nitrogen and oxygen atoms in total. The number of rotatable bonds is 9. The summed E-state index contributed by atoms with van der Waals surface area (Å²) in [5.41, 5.74) is 8.65. The highest BCUT2D eigenvalue weighted by atomic mass is 16.5. The zero-order valence-corrected chi connectivity index (χ0v) is 12.7. The van der Waals surface area contributed by atoms with Crippen LogP contribution in [-0.4, -0.2) is 26.4 Å². The van der Waals surface area contributed by atoms with Crippen molar-refractivity contribution < 1.29 is 9.47 Å². The van der Waals surface area contributed by atoms with Crippen LogP contribution in [-0.2, 0) is 17.6 Å². The Morgan fingerprint density at radius 3 is 2.80 bits per heavy atom. The lowest BCUT2D eigenvalue weighted by atomic mass is 10.0. The maximum absolute atomic E-state index is 6.11. The fraction of sp³-hybridized carbons (Fsp3) is 0.647. The van der Waals surface area contributed by atoms with Crippen molar-refractivity contribution in [1.29, 1.82) is 0 Å². The largest absolute Gasteiger partial charge is 0.493 e. The van der Waals surface area contributed by atoms with Gasteiger partial charge in [0.25, 0.3) is 0 Å². The van der Waals surface area contributed by atoms with Crippen molar-refractivity contribution >= 4 is 0 Å². The van der Waals surface area contributed by atoms with E-state index in [1.54, 1.807) is 7.11 Å². The fourth-order valence-corrected chi connectivity index (χ4v) is 2.23. The quantitative estimate of drug-likeness (QED) is 0.755. The summed E-state index contributed by atoms with van der Waals surface area (Å²) in [6.07, 6.45) is 5.45. The molecule has 2 N–H and O–H groups in total. The second-order valence-corrected chi connectivity index (χ2v) is 5.81. The normalized spacial score (nSPS) is 16.1. The lowest BCUT2D eigenvalue weighted by molar-refractivity contribution is 0.202. The third-order valence-electron chi connectivity index (χ3n) is 3.90. The Morgan fingerprint density at radius 2 is 2.15 bits per heavy atom. The molecule has 112 valence electrons. The van der Waals surface area contributed by atoms with Gasteiger partial charge in [0.1, 0.15) is 5.75 Å². The van der Waals surface area contributed by atoms with Gasteiger partial charge in [0, 0.05) is 13.2 Å². The van der Waals surface area contributed by atoms with Crippen LogP contribution >= 0.6 is 0 Å². The van der Waals surface area contributed by atoms with Gasteiger partial charge in [-0.05, 0) is 55.2 Å². The predicted molar refractivity (Wildman–Crippen MR) is 82.2 cm³/mol. The van der Waals surface area contributed by atoms with Gasteiger partial charge in [0.15, 0.2) is 0 Å². The first-order valence-electron chi connectivity index (χ1n) is 7.72. The maximum Gasteiger partial charge on any atom is 0.122 e. The lowest BCUT2D eigenvalue weighted by Gasteiger charge is -2.16. The van der Waals surface area contributed by atoms with Crippen molar-refractivity contribution in [2.45, 2.75) is 45.1 Å². The van der Waals surface area contributed by atoms with Gasteiger partial charge in [0.05, 0.1) is 13.2 Å². The van der Waals surface area contributed by atoms with Gasteiger partial charge in [0.2, 0.25) is 0 Å². The van der Waals surface area contributed by atoms with Gasteiger partial charge in [-0.3, -0.25) is 0 Å². The highest BCUT2D eigenvalue weighted by molar-refractivity contribution is 5.38. The minimum Gasteiger partial charge on any atom is -0.493 e. The molecule has 1 saturated carbocycles. The summed E-state index contributed by atoms with van der Waals surface area (Å²) in [5, 5.41) is 0. The molecule has 1 unspecified atom stereocenters. The smallest absolute Gasteiger partial charge is 0.122 e. The topological polar surface area (TPSA) is 44.5 Å². The van der Waals surface area contributed by atoms with E-state index in [4.69, 9.17) is 15.2 Å². The number of hydrogen-bond acceptors (Lipinski definition) is 3. The summed E-state index contributed by atoms with van der Waals surface area (Å²) in [6, 6.07) is 6.68. The van der Waals surface area contributed by atoms with E-state index in [1.807, 2.05) is 0 Å². The Morgan fingerprint density at radius 1 is 1.35 bits per heavy atom. The molecular formula is C17H27NO2. The summed E-state index contributed by atoms with van der Waals surface area (Å²) in [5.74, 6) is 1.79. The Bertz CT molecular complexity index is 415. The molecule has 3 heteroatoms. The molecule has 0 bridgehead atoms. The van der Waals surface area contributed by atoms with E-state index >= 15 is 0 Å². The third kappa shape index (κ3) is 4.80. The van der Waals surface area contributed by atoms with Crippen LogP contribution in [0.2, 0.25) is 0 Å². The zero-order valence-electron chi connectivity index (χ0n) is 12.7. The maximum atomic E-state index is 6.11. The van der Waals surface area contributed by atoms with E-state index in [1.165, 1.54) is 24.0 Å². The summed E-state index contributed by atoms with van der Waals surface area (Å²) < 4.78 is 11.1. The Balaban J connectivity index is 2.05. The molecule has 0 amide bonds. The third-order valence-corrected chi connectivity index (χ3v) is 3.90. The van der Waals surface area contributed by atoms with E-state index in [2.05, 4.69) is 25.1 Å².